The first-order valence-electron chi connectivity index (χ1n) is 8.66. The summed E-state index contributed by atoms with van der Waals surface area (Å²) in [7, 11) is 1.05. The molecule has 0 atom stereocenters. The number of ether oxygens (including phenoxy) is 1. The lowest BCUT2D eigenvalue weighted by molar-refractivity contribution is -0.138. The van der Waals surface area contributed by atoms with Crippen LogP contribution in [0.5, 0.6) is 11.6 Å². The van der Waals surface area contributed by atoms with Crippen molar-refractivity contribution in [3.05, 3.63) is 77.0 Å². The minimum absolute atomic E-state index is 0.0766. The van der Waals surface area contributed by atoms with E-state index < -0.39 is 46.3 Å². The van der Waals surface area contributed by atoms with Crippen molar-refractivity contribution in [3.8, 4) is 17.3 Å². The highest BCUT2D eigenvalue weighted by atomic mass is 79.9. The van der Waals surface area contributed by atoms with E-state index in [0.29, 0.717) is 26.0 Å². The molecule has 1 aromatic carbocycles. The minimum Gasteiger partial charge on any atom is -0.480 e. The number of pyridine rings is 1. The molecule has 0 bridgehead atoms. The van der Waals surface area contributed by atoms with Crippen molar-refractivity contribution in [2.24, 2.45) is 7.05 Å². The van der Waals surface area contributed by atoms with Gasteiger partial charge in [0.1, 0.15) is 17.3 Å². The summed E-state index contributed by atoms with van der Waals surface area (Å²) in [6.45, 7) is -0.995. The third-order valence-corrected chi connectivity index (χ3v) is 5.16. The number of hydrogen-bond acceptors (Lipinski definition) is 6. The lowest BCUT2D eigenvalue weighted by Crippen LogP contribution is -2.53. The SMILES string of the molecule is Cn1c(=O)n(CC(=O)O)c(=O)n(-c2cc(Oc3ncc(C(F)(F)F)cc3Cl)ccc2Br)c1=O. The van der Waals surface area contributed by atoms with Gasteiger partial charge in [0, 0.05) is 23.8 Å². The van der Waals surface area contributed by atoms with Crippen LogP contribution in [0.1, 0.15) is 5.56 Å². The molecule has 0 fully saturated rings. The Balaban J connectivity index is 2.13. The molecule has 0 unspecified atom stereocenters. The molecule has 3 rings (SSSR count). The normalized spacial score (nSPS) is 11.5. The molecule has 1 N–H and O–H groups in total. The quantitative estimate of drug-likeness (QED) is 0.516. The Morgan fingerprint density at radius 1 is 1.18 bits per heavy atom. The standard InChI is InChI=1S/C18H11BrClF3N4O6/c1-25-15(30)26(7-13(28)29)17(32)27(16(25)31)12-5-9(2-3-10(12)19)33-14-11(20)4-8(6-24-14)18(21,22)23/h2-6H,7H2,1H3,(H,28,29). The summed E-state index contributed by atoms with van der Waals surface area (Å²) in [4.78, 5) is 52.1. The molecule has 0 spiro atoms. The zero-order valence-electron chi connectivity index (χ0n) is 16.3. The Kier molecular flexibility index (Phi) is 6.51. The fourth-order valence-corrected chi connectivity index (χ4v) is 3.30. The third-order valence-electron chi connectivity index (χ3n) is 4.22. The first-order chi connectivity index (χ1) is 15.3. The van der Waals surface area contributed by atoms with Crippen LogP contribution in [-0.2, 0) is 24.6 Å². The van der Waals surface area contributed by atoms with Crippen LogP contribution in [0.3, 0.4) is 0 Å². The molecule has 0 aliphatic rings. The van der Waals surface area contributed by atoms with Crippen molar-refractivity contribution < 1.29 is 27.8 Å². The van der Waals surface area contributed by atoms with Crippen molar-refractivity contribution in [2.45, 2.75) is 12.7 Å². The summed E-state index contributed by atoms with van der Waals surface area (Å²) in [5.41, 5.74) is -4.66. The average molecular weight is 552 g/mol. The van der Waals surface area contributed by atoms with Crippen LogP contribution in [-0.4, -0.2) is 29.8 Å². The Morgan fingerprint density at radius 2 is 1.85 bits per heavy atom. The van der Waals surface area contributed by atoms with Gasteiger partial charge in [0.05, 0.1) is 11.3 Å². The zero-order chi connectivity index (χ0) is 24.7. The number of carbonyl (C=O) groups is 1. The zero-order valence-corrected chi connectivity index (χ0v) is 18.6. The summed E-state index contributed by atoms with van der Waals surface area (Å²) in [6.07, 6.45) is -4.15. The molecule has 3 aromatic rings. The number of hydrogen-bond donors (Lipinski definition) is 1. The van der Waals surface area contributed by atoms with Crippen LogP contribution in [0.2, 0.25) is 5.02 Å². The van der Waals surface area contributed by atoms with Crippen molar-refractivity contribution in [1.29, 1.82) is 0 Å². The van der Waals surface area contributed by atoms with Crippen LogP contribution in [0, 0.1) is 0 Å². The Morgan fingerprint density at radius 3 is 2.42 bits per heavy atom. The first-order valence-corrected chi connectivity index (χ1v) is 9.83. The van der Waals surface area contributed by atoms with Gasteiger partial charge in [-0.05, 0) is 34.1 Å². The predicted molar refractivity (Wildman–Crippen MR) is 111 cm³/mol. The molecule has 0 saturated heterocycles. The highest BCUT2D eigenvalue weighted by molar-refractivity contribution is 9.10. The Labute approximate surface area is 194 Å². The summed E-state index contributed by atoms with van der Waals surface area (Å²) >= 11 is 8.98. The van der Waals surface area contributed by atoms with Gasteiger partial charge >= 0.3 is 29.2 Å². The second-order valence-corrected chi connectivity index (χ2v) is 7.71. The van der Waals surface area contributed by atoms with Gasteiger partial charge in [0.15, 0.2) is 0 Å². The maximum Gasteiger partial charge on any atom is 0.417 e. The smallest absolute Gasteiger partial charge is 0.417 e. The van der Waals surface area contributed by atoms with E-state index in [9.17, 15) is 32.3 Å². The monoisotopic (exact) mass is 550 g/mol. The van der Waals surface area contributed by atoms with Crippen molar-refractivity contribution in [2.75, 3.05) is 0 Å². The van der Waals surface area contributed by atoms with E-state index in [2.05, 4.69) is 20.9 Å². The van der Waals surface area contributed by atoms with Gasteiger partial charge in [-0.1, -0.05) is 11.6 Å². The van der Waals surface area contributed by atoms with E-state index in [-0.39, 0.29) is 21.8 Å². The van der Waals surface area contributed by atoms with Crippen molar-refractivity contribution in [1.82, 2.24) is 18.7 Å². The van der Waals surface area contributed by atoms with Crippen molar-refractivity contribution in [3.63, 3.8) is 0 Å². The van der Waals surface area contributed by atoms with E-state index >= 15 is 0 Å². The molecule has 15 heteroatoms. The van der Waals surface area contributed by atoms with Crippen LogP contribution < -0.4 is 21.8 Å². The maximum atomic E-state index is 12.8. The summed E-state index contributed by atoms with van der Waals surface area (Å²) in [5, 5.41) is 8.53. The molecule has 0 aliphatic carbocycles. The van der Waals surface area contributed by atoms with E-state index in [4.69, 9.17) is 21.4 Å². The van der Waals surface area contributed by atoms with Gasteiger partial charge in [0.2, 0.25) is 5.88 Å². The van der Waals surface area contributed by atoms with Gasteiger partial charge in [-0.2, -0.15) is 13.2 Å². The third kappa shape index (κ3) is 4.85. The number of nitrogens with zero attached hydrogens (tertiary/aromatic N) is 4. The number of rotatable bonds is 5. The molecule has 33 heavy (non-hydrogen) atoms. The first kappa shape index (κ1) is 24.3. The number of aliphatic carboxylic acids is 1. The molecule has 174 valence electrons. The van der Waals surface area contributed by atoms with Crippen LogP contribution in [0.25, 0.3) is 5.69 Å². The topological polar surface area (TPSA) is 125 Å². The van der Waals surface area contributed by atoms with Crippen LogP contribution >= 0.6 is 27.5 Å². The fourth-order valence-electron chi connectivity index (χ4n) is 2.67. The van der Waals surface area contributed by atoms with E-state index in [1.807, 2.05) is 0 Å². The van der Waals surface area contributed by atoms with E-state index in [1.165, 1.54) is 12.1 Å². The molecule has 0 aliphatic heterocycles. The highest BCUT2D eigenvalue weighted by Gasteiger charge is 2.32. The van der Waals surface area contributed by atoms with Gasteiger partial charge in [-0.25, -0.2) is 33.1 Å². The number of benzene rings is 1. The van der Waals surface area contributed by atoms with Gasteiger partial charge < -0.3 is 9.84 Å². The number of alkyl halides is 3. The fraction of sp³-hybridized carbons (Fsp3) is 0.167. The molecule has 10 nitrogen and oxygen atoms in total. The molecular formula is C18H11BrClF3N4O6. The van der Waals surface area contributed by atoms with Gasteiger partial charge in [-0.3, -0.25) is 4.79 Å². The lowest BCUT2D eigenvalue weighted by atomic mass is 10.3. The molecule has 0 radical (unpaired) electrons. The Hall–Kier alpha value is -3.39. The largest absolute Gasteiger partial charge is 0.480 e. The van der Waals surface area contributed by atoms with Gasteiger partial charge in [0.25, 0.3) is 0 Å². The molecule has 0 saturated carbocycles. The van der Waals surface area contributed by atoms with Crippen molar-refractivity contribution >= 4 is 33.5 Å². The molecule has 0 amide bonds. The van der Waals surface area contributed by atoms with E-state index in [1.54, 1.807) is 0 Å². The minimum atomic E-state index is -4.67. The molecule has 2 aromatic heterocycles. The van der Waals surface area contributed by atoms with Crippen LogP contribution in [0.15, 0.2) is 49.3 Å². The van der Waals surface area contributed by atoms with Crippen LogP contribution in [0.4, 0.5) is 13.2 Å². The second kappa shape index (κ2) is 8.86. The predicted octanol–water partition coefficient (Wildman–Crippen LogP) is 2.40. The number of carboxylic acids is 1. The average Bonchev–Trinajstić information content (AvgIpc) is 2.72. The summed E-state index contributed by atoms with van der Waals surface area (Å²) in [5.74, 6) is -1.94. The second-order valence-electron chi connectivity index (χ2n) is 6.45. The number of carboxylic acid groups (broad SMARTS) is 1. The number of aromatic nitrogens is 4. The maximum absolute atomic E-state index is 12.8. The number of halogens is 5. The molecule has 2 heterocycles. The summed E-state index contributed by atoms with van der Waals surface area (Å²) < 4.78 is 45.4. The van der Waals surface area contributed by atoms with E-state index in [0.717, 1.165) is 13.1 Å². The Bertz CT molecular complexity index is 1450. The molecular weight excluding hydrogens is 541 g/mol. The lowest BCUT2D eigenvalue weighted by Gasteiger charge is -2.14. The van der Waals surface area contributed by atoms with Gasteiger partial charge in [-0.15, -0.1) is 0 Å². The highest BCUT2D eigenvalue weighted by Crippen LogP contribution is 2.35. The summed E-state index contributed by atoms with van der Waals surface area (Å²) in [6, 6.07) is 4.46.